The first-order chi connectivity index (χ1) is 24.3. The van der Waals surface area contributed by atoms with Crippen LogP contribution in [0, 0.1) is 0 Å². The minimum Gasteiger partial charge on any atom is -0.456 e. The molecule has 4 nitrogen and oxygen atoms in total. The zero-order chi connectivity index (χ0) is 32.3. The van der Waals surface area contributed by atoms with E-state index >= 15 is 0 Å². The van der Waals surface area contributed by atoms with Gasteiger partial charge in [-0.15, -0.1) is 0 Å². The van der Waals surface area contributed by atoms with Gasteiger partial charge in [0.1, 0.15) is 11.2 Å². The minimum atomic E-state index is 0.609. The molecule has 0 unspecified atom stereocenters. The van der Waals surface area contributed by atoms with Crippen LogP contribution in [0.3, 0.4) is 0 Å². The molecule has 0 amide bonds. The fourth-order valence-corrected chi connectivity index (χ4v) is 7.22. The molecule has 2 heterocycles. The molecule has 0 saturated heterocycles. The Labute approximate surface area is 282 Å². The van der Waals surface area contributed by atoms with E-state index in [-0.39, 0.29) is 0 Å². The first-order valence-electron chi connectivity index (χ1n) is 16.4. The lowest BCUT2D eigenvalue weighted by Crippen LogP contribution is -2.00. The van der Waals surface area contributed by atoms with Crippen LogP contribution in [0.1, 0.15) is 0 Å². The van der Waals surface area contributed by atoms with E-state index in [0.29, 0.717) is 17.5 Å². The van der Waals surface area contributed by atoms with Gasteiger partial charge >= 0.3 is 0 Å². The molecule has 0 bridgehead atoms. The summed E-state index contributed by atoms with van der Waals surface area (Å²) in [5, 5.41) is 9.52. The van der Waals surface area contributed by atoms with Gasteiger partial charge in [0.05, 0.1) is 0 Å². The Balaban J connectivity index is 1.16. The highest BCUT2D eigenvalue weighted by molar-refractivity contribution is 6.22. The lowest BCUT2D eigenvalue weighted by Gasteiger charge is -2.12. The summed E-state index contributed by atoms with van der Waals surface area (Å²) in [6.07, 6.45) is 0. The van der Waals surface area contributed by atoms with Crippen molar-refractivity contribution in [1.82, 2.24) is 15.0 Å². The Morgan fingerprint density at radius 1 is 0.327 bits per heavy atom. The molecule has 0 aliphatic rings. The fraction of sp³-hybridized carbons (Fsp3) is 0. The van der Waals surface area contributed by atoms with Gasteiger partial charge in [-0.3, -0.25) is 0 Å². The van der Waals surface area contributed by atoms with Gasteiger partial charge in [-0.25, -0.2) is 15.0 Å². The van der Waals surface area contributed by atoms with E-state index in [1.807, 2.05) is 72.8 Å². The number of rotatable bonds is 4. The molecule has 8 aromatic carbocycles. The molecule has 0 radical (unpaired) electrons. The van der Waals surface area contributed by atoms with Gasteiger partial charge < -0.3 is 4.42 Å². The van der Waals surface area contributed by atoms with Gasteiger partial charge in [0, 0.05) is 27.5 Å². The van der Waals surface area contributed by atoms with Gasteiger partial charge in [-0.2, -0.15) is 0 Å². The monoisotopic (exact) mass is 625 g/mol. The van der Waals surface area contributed by atoms with Gasteiger partial charge in [0.2, 0.25) is 0 Å². The molecule has 0 N–H and O–H groups in total. The first-order valence-corrected chi connectivity index (χ1v) is 16.4. The van der Waals surface area contributed by atoms with Crippen molar-refractivity contribution in [3.05, 3.63) is 164 Å². The molecule has 0 aliphatic carbocycles. The molecule has 10 aromatic rings. The quantitative estimate of drug-likeness (QED) is 0.183. The van der Waals surface area contributed by atoms with Crippen molar-refractivity contribution in [1.29, 1.82) is 0 Å². The van der Waals surface area contributed by atoms with Crippen LogP contribution in [0.25, 0.3) is 99.5 Å². The maximum absolute atomic E-state index is 6.58. The number of hydrogen-bond acceptors (Lipinski definition) is 4. The summed E-state index contributed by atoms with van der Waals surface area (Å²) in [5.74, 6) is 1.87. The van der Waals surface area contributed by atoms with E-state index in [9.17, 15) is 0 Å². The fourth-order valence-electron chi connectivity index (χ4n) is 7.22. The van der Waals surface area contributed by atoms with Crippen molar-refractivity contribution in [3.63, 3.8) is 0 Å². The zero-order valence-electron chi connectivity index (χ0n) is 26.3. The summed E-state index contributed by atoms with van der Waals surface area (Å²) in [6.45, 7) is 0. The van der Waals surface area contributed by atoms with Gasteiger partial charge in [-0.05, 0) is 61.6 Å². The molecule has 4 heteroatoms. The van der Waals surface area contributed by atoms with Crippen LogP contribution < -0.4 is 0 Å². The standard InChI is InChI=1S/C45H27N3O/c1-3-12-30(13-4-1)43-46-44(31-14-5-2-6-15-31)48-45(47-43)38-19-10-20-39-42(38)37-26-24-32(27-40(37)49-39)33-17-9-18-36-35(33)25-23-29-22-21-28-11-7-8-16-34(28)41(29)36/h1-27H. The average Bonchev–Trinajstić information content (AvgIpc) is 3.56. The lowest BCUT2D eigenvalue weighted by molar-refractivity contribution is 0.669. The van der Waals surface area contributed by atoms with Gasteiger partial charge in [-0.1, -0.05) is 146 Å². The second-order valence-corrected chi connectivity index (χ2v) is 12.4. The molecule has 0 spiro atoms. The maximum Gasteiger partial charge on any atom is 0.164 e. The third-order valence-electron chi connectivity index (χ3n) is 9.51. The summed E-state index contributed by atoms with van der Waals surface area (Å²) in [6, 6.07) is 56.9. The van der Waals surface area contributed by atoms with Crippen LogP contribution in [0.2, 0.25) is 0 Å². The van der Waals surface area contributed by atoms with E-state index in [4.69, 9.17) is 19.4 Å². The average molecular weight is 626 g/mol. The van der Waals surface area contributed by atoms with Gasteiger partial charge in [0.25, 0.3) is 0 Å². The molecule has 0 fully saturated rings. The van der Waals surface area contributed by atoms with Crippen molar-refractivity contribution in [2.24, 2.45) is 0 Å². The van der Waals surface area contributed by atoms with Crippen LogP contribution in [0.15, 0.2) is 168 Å². The zero-order valence-corrected chi connectivity index (χ0v) is 26.3. The Hall–Kier alpha value is -6.65. The second kappa shape index (κ2) is 11.0. The third-order valence-corrected chi connectivity index (χ3v) is 9.51. The molecular formula is C45H27N3O. The molecule has 10 rings (SSSR count). The molecule has 49 heavy (non-hydrogen) atoms. The summed E-state index contributed by atoms with van der Waals surface area (Å²) in [7, 11) is 0. The first kappa shape index (κ1) is 27.5. The van der Waals surface area contributed by atoms with Crippen molar-refractivity contribution >= 4 is 54.3 Å². The molecular weight excluding hydrogens is 599 g/mol. The van der Waals surface area contributed by atoms with E-state index in [1.165, 1.54) is 37.9 Å². The Bertz CT molecular complexity index is 2820. The Morgan fingerprint density at radius 2 is 0.939 bits per heavy atom. The number of aromatic nitrogens is 3. The van der Waals surface area contributed by atoms with E-state index in [2.05, 4.69) is 91.0 Å². The molecule has 0 atom stereocenters. The number of furan rings is 1. The summed E-state index contributed by atoms with van der Waals surface area (Å²) in [4.78, 5) is 14.9. The number of nitrogens with zero attached hydrogens (tertiary/aromatic N) is 3. The second-order valence-electron chi connectivity index (χ2n) is 12.4. The molecule has 0 aliphatic heterocycles. The van der Waals surface area contributed by atoms with E-state index in [1.54, 1.807) is 0 Å². The highest BCUT2D eigenvalue weighted by Crippen LogP contribution is 2.41. The van der Waals surface area contributed by atoms with Crippen LogP contribution >= 0.6 is 0 Å². The molecule has 0 saturated carbocycles. The summed E-state index contributed by atoms with van der Waals surface area (Å²) >= 11 is 0. The van der Waals surface area contributed by atoms with Crippen LogP contribution in [-0.2, 0) is 0 Å². The topological polar surface area (TPSA) is 51.8 Å². The third kappa shape index (κ3) is 4.49. The number of benzene rings is 8. The summed E-state index contributed by atoms with van der Waals surface area (Å²) < 4.78 is 6.58. The van der Waals surface area contributed by atoms with Crippen molar-refractivity contribution in [2.45, 2.75) is 0 Å². The van der Waals surface area contributed by atoms with Crippen LogP contribution in [-0.4, -0.2) is 15.0 Å². The van der Waals surface area contributed by atoms with Crippen molar-refractivity contribution < 1.29 is 4.42 Å². The SMILES string of the molecule is c1ccc(-c2nc(-c3ccccc3)nc(-c3cccc4oc5cc(-c6cccc7c6ccc6ccc8ccccc8c67)ccc5c34)n2)cc1. The lowest BCUT2D eigenvalue weighted by atomic mass is 9.92. The van der Waals surface area contributed by atoms with Crippen LogP contribution in [0.4, 0.5) is 0 Å². The van der Waals surface area contributed by atoms with E-state index < -0.39 is 0 Å². The predicted molar refractivity (Wildman–Crippen MR) is 201 cm³/mol. The minimum absolute atomic E-state index is 0.609. The largest absolute Gasteiger partial charge is 0.456 e. The molecule has 228 valence electrons. The Morgan fingerprint density at radius 3 is 1.73 bits per heavy atom. The normalized spacial score (nSPS) is 11.7. The smallest absolute Gasteiger partial charge is 0.164 e. The van der Waals surface area contributed by atoms with E-state index in [0.717, 1.165) is 44.2 Å². The predicted octanol–water partition coefficient (Wildman–Crippen LogP) is 11.9. The maximum atomic E-state index is 6.58. The number of hydrogen-bond donors (Lipinski definition) is 0. The van der Waals surface area contributed by atoms with Gasteiger partial charge in [0.15, 0.2) is 17.5 Å². The highest BCUT2D eigenvalue weighted by Gasteiger charge is 2.19. The van der Waals surface area contributed by atoms with Crippen molar-refractivity contribution in [2.75, 3.05) is 0 Å². The number of fused-ring (bicyclic) bond motifs is 8. The van der Waals surface area contributed by atoms with Crippen LogP contribution in [0.5, 0.6) is 0 Å². The Kier molecular flexibility index (Phi) is 6.15. The molecule has 2 aromatic heterocycles. The highest BCUT2D eigenvalue weighted by atomic mass is 16.3. The van der Waals surface area contributed by atoms with Crippen molar-refractivity contribution in [3.8, 4) is 45.3 Å². The summed E-state index contributed by atoms with van der Waals surface area (Å²) in [5.41, 5.74) is 6.68.